The van der Waals surface area contributed by atoms with E-state index in [1.165, 1.54) is 0 Å². The predicted octanol–water partition coefficient (Wildman–Crippen LogP) is 0.998. The zero-order chi connectivity index (χ0) is 12.1. The van der Waals surface area contributed by atoms with E-state index >= 15 is 0 Å². The molecule has 0 saturated heterocycles. The molecule has 6 heteroatoms. The normalized spacial score (nSPS) is 15.4. The third kappa shape index (κ3) is 1.46. The van der Waals surface area contributed by atoms with Gasteiger partial charge in [0, 0.05) is 6.26 Å². The zero-order valence-corrected chi connectivity index (χ0v) is 9.10. The van der Waals surface area contributed by atoms with Crippen LogP contribution in [-0.2, 0) is 9.84 Å². The molecular weight excluding hydrogens is 235 g/mol. The monoisotopic (exact) mass is 242 g/mol. The van der Waals surface area contributed by atoms with Crippen LogP contribution in [0.3, 0.4) is 0 Å². The average molecular weight is 242 g/mol. The lowest BCUT2D eigenvalue weighted by Crippen LogP contribution is -2.07. The van der Waals surface area contributed by atoms with E-state index in [1.54, 1.807) is 0 Å². The summed E-state index contributed by atoms with van der Waals surface area (Å²) in [7, 11) is -3.64. The molecule has 1 aliphatic rings. The van der Waals surface area contributed by atoms with Gasteiger partial charge in [-0.3, -0.25) is 9.59 Å². The number of benzene rings is 1. The molecule has 4 nitrogen and oxygen atoms in total. The Kier molecular flexibility index (Phi) is 2.20. The average Bonchev–Trinajstić information content (AvgIpc) is 2.42. The topological polar surface area (TPSA) is 68.3 Å². The van der Waals surface area contributed by atoms with Crippen LogP contribution in [0.4, 0.5) is 4.39 Å². The molecule has 0 heterocycles. The van der Waals surface area contributed by atoms with Crippen molar-refractivity contribution in [3.05, 3.63) is 29.1 Å². The molecule has 1 aliphatic carbocycles. The maximum absolute atomic E-state index is 13.3. The van der Waals surface area contributed by atoms with Gasteiger partial charge in [-0.15, -0.1) is 0 Å². The number of ketones is 2. The number of sulfone groups is 1. The molecule has 0 radical (unpaired) electrons. The second kappa shape index (κ2) is 3.21. The van der Waals surface area contributed by atoms with Crippen LogP contribution in [0.1, 0.15) is 27.1 Å². The highest BCUT2D eigenvalue weighted by Gasteiger charge is 2.35. The summed E-state index contributed by atoms with van der Waals surface area (Å²) in [5, 5.41) is 0. The number of hydrogen-bond donors (Lipinski definition) is 0. The van der Waals surface area contributed by atoms with Crippen LogP contribution in [0, 0.1) is 5.82 Å². The minimum Gasteiger partial charge on any atom is -0.294 e. The standard InChI is InChI=1S/C10H7FO4S/c1-16(14,15)8-3-2-5(11)9-6(12)4-7(13)10(8)9/h2-3H,4H2,1H3. The molecule has 0 atom stereocenters. The lowest BCUT2D eigenvalue weighted by Gasteiger charge is -2.04. The summed E-state index contributed by atoms with van der Waals surface area (Å²) in [5.41, 5.74) is -0.694. The first-order valence-electron chi connectivity index (χ1n) is 4.41. The zero-order valence-electron chi connectivity index (χ0n) is 8.28. The maximum atomic E-state index is 13.3. The number of halogens is 1. The summed E-state index contributed by atoms with van der Waals surface area (Å²) in [6, 6.07) is 1.91. The Balaban J connectivity index is 2.89. The molecule has 16 heavy (non-hydrogen) atoms. The van der Waals surface area contributed by atoms with E-state index in [1.807, 2.05) is 0 Å². The number of hydrogen-bond acceptors (Lipinski definition) is 4. The van der Waals surface area contributed by atoms with Crippen LogP contribution >= 0.6 is 0 Å². The van der Waals surface area contributed by atoms with Gasteiger partial charge in [0.25, 0.3) is 0 Å². The van der Waals surface area contributed by atoms with Crippen molar-refractivity contribution in [1.82, 2.24) is 0 Å². The largest absolute Gasteiger partial charge is 0.294 e. The summed E-state index contributed by atoms with van der Waals surface area (Å²) in [6.07, 6.45) is 0.454. The number of carbonyl (C=O) groups is 2. The van der Waals surface area contributed by atoms with Crippen LogP contribution < -0.4 is 0 Å². The molecule has 0 fully saturated rings. The van der Waals surface area contributed by atoms with Crippen LogP contribution in [0.15, 0.2) is 17.0 Å². The smallest absolute Gasteiger partial charge is 0.176 e. The van der Waals surface area contributed by atoms with Crippen molar-refractivity contribution in [2.24, 2.45) is 0 Å². The fourth-order valence-corrected chi connectivity index (χ4v) is 2.64. The third-order valence-electron chi connectivity index (χ3n) is 2.39. The van der Waals surface area contributed by atoms with Gasteiger partial charge in [-0.2, -0.15) is 0 Å². The van der Waals surface area contributed by atoms with Gasteiger partial charge in [-0.1, -0.05) is 0 Å². The molecule has 0 unspecified atom stereocenters. The molecule has 84 valence electrons. The van der Waals surface area contributed by atoms with Gasteiger partial charge in [0.05, 0.1) is 22.4 Å². The van der Waals surface area contributed by atoms with Crippen molar-refractivity contribution in [3.8, 4) is 0 Å². The summed E-state index contributed by atoms with van der Waals surface area (Å²) in [6.45, 7) is 0. The predicted molar refractivity (Wildman–Crippen MR) is 52.8 cm³/mol. The quantitative estimate of drug-likeness (QED) is 0.544. The second-order valence-corrected chi connectivity index (χ2v) is 5.57. The molecule has 1 aromatic rings. The highest BCUT2D eigenvalue weighted by atomic mass is 32.2. The minimum atomic E-state index is -3.64. The fourth-order valence-electron chi connectivity index (χ4n) is 1.74. The van der Waals surface area contributed by atoms with Gasteiger partial charge in [-0.05, 0) is 12.1 Å². The molecule has 0 spiro atoms. The molecule has 0 bridgehead atoms. The van der Waals surface area contributed by atoms with Gasteiger partial charge in [0.15, 0.2) is 21.4 Å². The fraction of sp³-hybridized carbons (Fsp3) is 0.200. The Labute approximate surface area is 91.0 Å². The van der Waals surface area contributed by atoms with E-state index in [0.29, 0.717) is 0 Å². The molecular formula is C10H7FO4S. The number of fused-ring (bicyclic) bond motifs is 1. The molecule has 1 aromatic carbocycles. The van der Waals surface area contributed by atoms with Gasteiger partial charge in [0.2, 0.25) is 0 Å². The first-order valence-corrected chi connectivity index (χ1v) is 6.30. The van der Waals surface area contributed by atoms with E-state index < -0.39 is 39.2 Å². The van der Waals surface area contributed by atoms with Crippen molar-refractivity contribution in [2.45, 2.75) is 11.3 Å². The minimum absolute atomic E-state index is 0.278. The van der Waals surface area contributed by atoms with Crippen molar-refractivity contribution in [1.29, 1.82) is 0 Å². The summed E-state index contributed by atoms with van der Waals surface area (Å²) in [5.74, 6) is -2.15. The number of rotatable bonds is 1. The van der Waals surface area contributed by atoms with E-state index in [9.17, 15) is 22.4 Å². The SMILES string of the molecule is CS(=O)(=O)c1ccc(F)c2c1C(=O)CC2=O. The highest BCUT2D eigenvalue weighted by molar-refractivity contribution is 7.90. The third-order valence-corrected chi connectivity index (χ3v) is 3.53. The van der Waals surface area contributed by atoms with Gasteiger partial charge >= 0.3 is 0 Å². The molecule has 0 aromatic heterocycles. The highest BCUT2D eigenvalue weighted by Crippen LogP contribution is 2.30. The first kappa shape index (κ1) is 10.9. The van der Waals surface area contributed by atoms with E-state index in [0.717, 1.165) is 18.4 Å². The first-order chi connectivity index (χ1) is 7.32. The van der Waals surface area contributed by atoms with Gasteiger partial charge < -0.3 is 0 Å². The number of Topliss-reactive ketones (excluding diaryl/α,β-unsaturated/α-hetero) is 2. The van der Waals surface area contributed by atoms with Crippen molar-refractivity contribution >= 4 is 21.4 Å². The van der Waals surface area contributed by atoms with Crippen LogP contribution in [0.2, 0.25) is 0 Å². The maximum Gasteiger partial charge on any atom is 0.176 e. The summed E-state index contributed by atoms with van der Waals surface area (Å²) in [4.78, 5) is 22.5. The van der Waals surface area contributed by atoms with Crippen LogP contribution in [0.25, 0.3) is 0 Å². The summed E-state index contributed by atoms with van der Waals surface area (Å²) < 4.78 is 36.1. The molecule has 0 N–H and O–H groups in total. The molecule has 0 amide bonds. The van der Waals surface area contributed by atoms with Gasteiger partial charge in [0.1, 0.15) is 5.82 Å². The lowest BCUT2D eigenvalue weighted by molar-refractivity contribution is 0.0921. The van der Waals surface area contributed by atoms with Crippen LogP contribution in [0.5, 0.6) is 0 Å². The molecule has 0 aliphatic heterocycles. The Morgan fingerprint density at radius 2 is 1.69 bits per heavy atom. The number of carbonyl (C=O) groups excluding carboxylic acids is 2. The van der Waals surface area contributed by atoms with Crippen molar-refractivity contribution in [3.63, 3.8) is 0 Å². The van der Waals surface area contributed by atoms with Crippen molar-refractivity contribution < 1.29 is 22.4 Å². The Morgan fingerprint density at radius 3 is 2.25 bits per heavy atom. The van der Waals surface area contributed by atoms with E-state index in [-0.39, 0.29) is 10.5 Å². The lowest BCUT2D eigenvalue weighted by atomic mass is 10.1. The van der Waals surface area contributed by atoms with Crippen molar-refractivity contribution in [2.75, 3.05) is 6.26 Å². The Hall–Kier alpha value is -1.56. The van der Waals surface area contributed by atoms with E-state index in [4.69, 9.17) is 0 Å². The van der Waals surface area contributed by atoms with Crippen LogP contribution in [-0.4, -0.2) is 26.2 Å². The second-order valence-electron chi connectivity index (χ2n) is 3.59. The van der Waals surface area contributed by atoms with Gasteiger partial charge in [-0.25, -0.2) is 12.8 Å². The Morgan fingerprint density at radius 1 is 1.12 bits per heavy atom. The Bertz CT molecular complexity index is 616. The molecule has 2 rings (SSSR count). The summed E-state index contributed by atoms with van der Waals surface area (Å²) >= 11 is 0. The molecule has 0 saturated carbocycles. The van der Waals surface area contributed by atoms with E-state index in [2.05, 4.69) is 0 Å².